The van der Waals surface area contributed by atoms with Crippen molar-refractivity contribution < 1.29 is 8.96 Å². The molecule has 3 aromatic heterocycles. The summed E-state index contributed by atoms with van der Waals surface area (Å²) in [6.45, 7) is 7.41. The molecule has 5 rings (SSSR count). The SMILES string of the molecule is CCn1c(=O)/c(=C2\Sc3cc(F)ccc3N2C)s/c1=C\c1scc[n+]1Cc1nc(C)sc1C. The highest BCUT2D eigenvalue weighted by atomic mass is 32.2. The highest BCUT2D eigenvalue weighted by molar-refractivity contribution is 8.08. The molecule has 0 spiro atoms. The van der Waals surface area contributed by atoms with Gasteiger partial charge in [-0.3, -0.25) is 9.36 Å². The average Bonchev–Trinajstić information content (AvgIpc) is 3.50. The van der Waals surface area contributed by atoms with E-state index >= 15 is 0 Å². The van der Waals surface area contributed by atoms with E-state index in [1.54, 1.807) is 28.7 Å². The number of thiazole rings is 3. The quantitative estimate of drug-likeness (QED) is 0.388. The molecule has 33 heavy (non-hydrogen) atoms. The second-order valence-corrected chi connectivity index (χ2v) is 12.0. The molecule has 5 nitrogen and oxygen atoms in total. The molecule has 0 aliphatic carbocycles. The van der Waals surface area contributed by atoms with E-state index in [1.165, 1.54) is 40.1 Å². The maximum absolute atomic E-state index is 13.7. The van der Waals surface area contributed by atoms with Crippen LogP contribution < -0.4 is 24.2 Å². The summed E-state index contributed by atoms with van der Waals surface area (Å²) < 4.78 is 19.3. The summed E-state index contributed by atoms with van der Waals surface area (Å²) in [5.41, 5.74) is 1.99. The zero-order valence-electron chi connectivity index (χ0n) is 18.6. The fraction of sp³-hybridized carbons (Fsp3) is 0.261. The second-order valence-electron chi connectivity index (χ2n) is 7.65. The summed E-state index contributed by atoms with van der Waals surface area (Å²) in [7, 11) is 1.93. The third kappa shape index (κ3) is 4.09. The lowest BCUT2D eigenvalue weighted by Crippen LogP contribution is -2.36. The van der Waals surface area contributed by atoms with Gasteiger partial charge in [0.05, 0.1) is 22.2 Å². The second kappa shape index (κ2) is 8.83. The maximum Gasteiger partial charge on any atom is 0.271 e. The molecule has 10 heteroatoms. The molecular weight excluding hydrogens is 496 g/mol. The van der Waals surface area contributed by atoms with Gasteiger partial charge in [-0.2, -0.15) is 4.57 Å². The van der Waals surface area contributed by atoms with E-state index in [1.807, 2.05) is 30.4 Å². The Morgan fingerprint density at radius 2 is 2.06 bits per heavy atom. The molecule has 1 aliphatic heterocycles. The van der Waals surface area contributed by atoms with E-state index in [9.17, 15) is 9.18 Å². The molecular formula is C23H22FN4OS4+. The van der Waals surface area contributed by atoms with Gasteiger partial charge in [-0.25, -0.2) is 9.37 Å². The summed E-state index contributed by atoms with van der Waals surface area (Å²) >= 11 is 6.30. The van der Waals surface area contributed by atoms with Crippen LogP contribution in [-0.2, 0) is 13.1 Å². The average molecular weight is 518 g/mol. The van der Waals surface area contributed by atoms with Crippen LogP contribution in [0.4, 0.5) is 10.1 Å². The highest BCUT2D eigenvalue weighted by Gasteiger charge is 2.25. The van der Waals surface area contributed by atoms with Gasteiger partial charge >= 0.3 is 0 Å². The van der Waals surface area contributed by atoms with Crippen LogP contribution in [0.5, 0.6) is 0 Å². The largest absolute Gasteiger partial charge is 0.337 e. The topological polar surface area (TPSA) is 42.0 Å². The van der Waals surface area contributed by atoms with Crippen molar-refractivity contribution in [3.05, 3.63) is 75.7 Å². The summed E-state index contributed by atoms with van der Waals surface area (Å²) in [5.74, 6) is -0.269. The standard InChI is InChI=1S/C23H22FN4OS4/c1-5-28-20(11-19-27(8-9-30-19)12-16-13(2)31-14(3)25-16)33-21(22(28)29)23-26(4)17-7-6-15(24)10-18(17)32-23/h6-11H,5,12H2,1-4H3/q+1/b23-21+. The molecule has 0 atom stereocenters. The summed E-state index contributed by atoms with van der Waals surface area (Å²) in [6, 6.07) is 4.75. The summed E-state index contributed by atoms with van der Waals surface area (Å²) in [5, 5.41) is 5.05. The minimum Gasteiger partial charge on any atom is -0.337 e. The van der Waals surface area contributed by atoms with Crippen LogP contribution in [0.25, 0.3) is 11.1 Å². The van der Waals surface area contributed by atoms with E-state index in [0.29, 0.717) is 17.6 Å². The summed E-state index contributed by atoms with van der Waals surface area (Å²) in [6.07, 6.45) is 4.15. The van der Waals surface area contributed by atoms with Gasteiger partial charge in [-0.05, 0) is 39.0 Å². The predicted molar refractivity (Wildman–Crippen MR) is 136 cm³/mol. The molecule has 0 amide bonds. The Morgan fingerprint density at radius 1 is 1.24 bits per heavy atom. The van der Waals surface area contributed by atoms with Gasteiger partial charge in [0.1, 0.15) is 25.7 Å². The lowest BCUT2D eigenvalue weighted by atomic mass is 10.3. The van der Waals surface area contributed by atoms with Crippen LogP contribution in [-0.4, -0.2) is 16.6 Å². The van der Waals surface area contributed by atoms with Crippen molar-refractivity contribution >= 4 is 62.6 Å². The molecule has 0 unspecified atom stereocenters. The van der Waals surface area contributed by atoms with Crippen molar-refractivity contribution in [2.45, 2.75) is 38.8 Å². The molecule has 170 valence electrons. The normalized spacial score (nSPS) is 15.5. The lowest BCUT2D eigenvalue weighted by molar-refractivity contribution is -0.685. The zero-order valence-corrected chi connectivity index (χ0v) is 21.9. The Balaban J connectivity index is 1.61. The molecule has 1 aromatic carbocycles. The first-order valence-electron chi connectivity index (χ1n) is 10.4. The minimum atomic E-state index is -0.269. The van der Waals surface area contributed by atoms with Crippen LogP contribution in [0.1, 0.15) is 27.5 Å². The fourth-order valence-corrected chi connectivity index (χ4v) is 8.01. The molecule has 0 bridgehead atoms. The van der Waals surface area contributed by atoms with Crippen LogP contribution >= 0.6 is 45.8 Å². The third-order valence-electron chi connectivity index (χ3n) is 5.50. The number of rotatable bonds is 4. The number of hydrogen-bond donors (Lipinski definition) is 0. The van der Waals surface area contributed by atoms with Gasteiger partial charge in [0, 0.05) is 23.4 Å². The van der Waals surface area contributed by atoms with Crippen molar-refractivity contribution in [2.24, 2.45) is 0 Å². The number of anilines is 1. The van der Waals surface area contributed by atoms with Crippen molar-refractivity contribution in [1.29, 1.82) is 0 Å². The highest BCUT2D eigenvalue weighted by Crippen LogP contribution is 2.45. The van der Waals surface area contributed by atoms with Crippen molar-refractivity contribution in [1.82, 2.24) is 9.55 Å². The molecule has 4 heterocycles. The van der Waals surface area contributed by atoms with E-state index in [-0.39, 0.29) is 11.4 Å². The zero-order chi connectivity index (χ0) is 23.3. The van der Waals surface area contributed by atoms with Crippen LogP contribution in [0.2, 0.25) is 0 Å². The van der Waals surface area contributed by atoms with Crippen LogP contribution in [0.15, 0.2) is 39.5 Å². The van der Waals surface area contributed by atoms with Gasteiger partial charge in [0.15, 0.2) is 12.7 Å². The smallest absolute Gasteiger partial charge is 0.271 e. The number of nitrogens with zero attached hydrogens (tertiary/aromatic N) is 4. The Bertz CT molecular complexity index is 1550. The predicted octanol–water partition coefficient (Wildman–Crippen LogP) is 3.68. The molecule has 0 radical (unpaired) electrons. The Kier molecular flexibility index (Phi) is 6.02. The molecule has 0 saturated carbocycles. The molecule has 0 saturated heterocycles. The maximum atomic E-state index is 13.7. The van der Waals surface area contributed by atoms with Gasteiger partial charge < -0.3 is 4.90 Å². The first-order valence-corrected chi connectivity index (χ1v) is 13.7. The number of thioether (sulfide) groups is 1. The first-order chi connectivity index (χ1) is 15.9. The van der Waals surface area contributed by atoms with Gasteiger partial charge in [-0.1, -0.05) is 23.1 Å². The fourth-order valence-electron chi connectivity index (χ4n) is 3.84. The number of hydrogen-bond acceptors (Lipinski definition) is 7. The molecule has 1 aliphatic rings. The Hall–Kier alpha value is -2.27. The summed E-state index contributed by atoms with van der Waals surface area (Å²) in [4.78, 5) is 22.0. The Morgan fingerprint density at radius 3 is 2.79 bits per heavy atom. The van der Waals surface area contributed by atoms with E-state index in [2.05, 4.69) is 34.1 Å². The van der Waals surface area contributed by atoms with Crippen LogP contribution in [0.3, 0.4) is 0 Å². The number of halogens is 1. The minimum absolute atomic E-state index is 0.00884. The van der Waals surface area contributed by atoms with Crippen molar-refractivity contribution in [2.75, 3.05) is 11.9 Å². The monoisotopic (exact) mass is 517 g/mol. The van der Waals surface area contributed by atoms with E-state index in [4.69, 9.17) is 0 Å². The first kappa shape index (κ1) is 22.5. The van der Waals surface area contributed by atoms with Crippen molar-refractivity contribution in [3.8, 4) is 0 Å². The van der Waals surface area contributed by atoms with E-state index < -0.39 is 0 Å². The Labute approximate surface area is 206 Å². The molecule has 4 aromatic rings. The lowest BCUT2D eigenvalue weighted by Gasteiger charge is -2.12. The number of aromatic nitrogens is 3. The molecule has 0 fully saturated rings. The number of aryl methyl sites for hydroxylation is 2. The third-order valence-corrected chi connectivity index (χ3v) is 9.74. The number of fused-ring (bicyclic) bond motifs is 1. The van der Waals surface area contributed by atoms with Gasteiger partial charge in [-0.15, -0.1) is 22.7 Å². The number of benzene rings is 1. The van der Waals surface area contributed by atoms with Crippen LogP contribution in [0, 0.1) is 19.7 Å². The van der Waals surface area contributed by atoms with Crippen molar-refractivity contribution in [3.63, 3.8) is 0 Å². The van der Waals surface area contributed by atoms with Gasteiger partial charge in [0.25, 0.3) is 10.6 Å². The molecule has 0 N–H and O–H groups in total. The van der Waals surface area contributed by atoms with Gasteiger partial charge in [0.2, 0.25) is 0 Å². The van der Waals surface area contributed by atoms with E-state index in [0.717, 1.165) is 36.0 Å².